The summed E-state index contributed by atoms with van der Waals surface area (Å²) in [5, 5.41) is 6.97. The predicted molar refractivity (Wildman–Crippen MR) is 123 cm³/mol. The molecule has 3 aromatic rings. The van der Waals surface area contributed by atoms with Gasteiger partial charge in [0, 0.05) is 23.1 Å². The van der Waals surface area contributed by atoms with Gasteiger partial charge in [0.1, 0.15) is 5.75 Å². The molecule has 5 rings (SSSR count). The second-order valence-electron chi connectivity index (χ2n) is 7.84. The third-order valence-corrected chi connectivity index (χ3v) is 6.02. The van der Waals surface area contributed by atoms with Gasteiger partial charge in [-0.1, -0.05) is 36.4 Å². The third kappa shape index (κ3) is 3.65. The lowest BCUT2D eigenvalue weighted by atomic mass is 9.95. The number of nitrogens with zero attached hydrogens (tertiary/aromatic N) is 2. The number of esters is 1. The van der Waals surface area contributed by atoms with E-state index >= 15 is 0 Å². The van der Waals surface area contributed by atoms with Crippen LogP contribution < -0.4 is 14.2 Å². The van der Waals surface area contributed by atoms with Gasteiger partial charge in [-0.05, 0) is 30.3 Å². The zero-order valence-corrected chi connectivity index (χ0v) is 18.6. The van der Waals surface area contributed by atoms with Crippen molar-refractivity contribution in [3.05, 3.63) is 89.0 Å². The number of fused-ring (bicyclic) bond motifs is 3. The summed E-state index contributed by atoms with van der Waals surface area (Å²) in [5.74, 6) is 1.80. The average molecular weight is 444 g/mol. The van der Waals surface area contributed by atoms with Crippen molar-refractivity contribution >= 4 is 11.7 Å². The van der Waals surface area contributed by atoms with Crippen LogP contribution in [0.4, 0.5) is 0 Å². The van der Waals surface area contributed by atoms with Gasteiger partial charge in [-0.15, -0.1) is 0 Å². The molecule has 0 aliphatic carbocycles. The van der Waals surface area contributed by atoms with Crippen molar-refractivity contribution in [2.45, 2.75) is 18.7 Å². The summed E-state index contributed by atoms with van der Waals surface area (Å²) in [6.45, 7) is 0. The minimum Gasteiger partial charge on any atom is -0.497 e. The van der Waals surface area contributed by atoms with Gasteiger partial charge in [-0.2, -0.15) is 5.10 Å². The maximum Gasteiger partial charge on any atom is 0.337 e. The standard InChI is InChI=1S/C26H24N2O5/c1-30-19-7-4-6-18(14-19)21-15-22-20-8-5-9-23(31-2)24(20)33-25(28(22)27-21)16-10-12-17(13-11-16)26(29)32-3/h4-14,22,25H,15H2,1-3H3/t22-,25+/m1/s1. The van der Waals surface area contributed by atoms with E-state index in [0.717, 1.165) is 28.2 Å². The van der Waals surface area contributed by atoms with Gasteiger partial charge in [-0.25, -0.2) is 9.80 Å². The molecule has 7 heteroatoms. The zero-order valence-electron chi connectivity index (χ0n) is 18.6. The van der Waals surface area contributed by atoms with E-state index in [1.807, 2.05) is 53.5 Å². The Labute approximate surface area is 192 Å². The van der Waals surface area contributed by atoms with Crippen molar-refractivity contribution in [2.24, 2.45) is 5.10 Å². The third-order valence-electron chi connectivity index (χ3n) is 6.02. The number of carbonyl (C=O) groups is 1. The topological polar surface area (TPSA) is 69.6 Å². The monoisotopic (exact) mass is 444 g/mol. The highest BCUT2D eigenvalue weighted by molar-refractivity contribution is 6.02. The highest BCUT2D eigenvalue weighted by Crippen LogP contribution is 2.50. The molecule has 0 amide bonds. The highest BCUT2D eigenvalue weighted by Gasteiger charge is 2.42. The lowest BCUT2D eigenvalue weighted by molar-refractivity contribution is -0.0209. The molecule has 0 unspecified atom stereocenters. The minimum absolute atomic E-state index is 0.0182. The molecule has 0 bridgehead atoms. The highest BCUT2D eigenvalue weighted by atomic mass is 16.5. The van der Waals surface area contributed by atoms with Gasteiger partial charge in [0.25, 0.3) is 0 Å². The largest absolute Gasteiger partial charge is 0.497 e. The number of ether oxygens (including phenoxy) is 4. The molecule has 2 aliphatic heterocycles. The van der Waals surface area contributed by atoms with Gasteiger partial charge >= 0.3 is 5.97 Å². The molecule has 0 saturated heterocycles. The molecular formula is C26H24N2O5. The van der Waals surface area contributed by atoms with E-state index in [-0.39, 0.29) is 12.0 Å². The fraction of sp³-hybridized carbons (Fsp3) is 0.231. The van der Waals surface area contributed by atoms with Gasteiger partial charge in [0.2, 0.25) is 6.23 Å². The molecule has 2 atom stereocenters. The fourth-order valence-electron chi connectivity index (χ4n) is 4.34. The van der Waals surface area contributed by atoms with E-state index < -0.39 is 6.23 Å². The van der Waals surface area contributed by atoms with Crippen molar-refractivity contribution < 1.29 is 23.7 Å². The van der Waals surface area contributed by atoms with Crippen molar-refractivity contribution in [1.29, 1.82) is 0 Å². The summed E-state index contributed by atoms with van der Waals surface area (Å²) in [7, 11) is 4.66. The van der Waals surface area contributed by atoms with Gasteiger partial charge in [0.15, 0.2) is 11.5 Å². The summed E-state index contributed by atoms with van der Waals surface area (Å²) >= 11 is 0. The van der Waals surface area contributed by atoms with E-state index in [9.17, 15) is 4.79 Å². The Morgan fingerprint density at radius 2 is 1.79 bits per heavy atom. The van der Waals surface area contributed by atoms with Crippen LogP contribution in [-0.4, -0.2) is 38.0 Å². The molecule has 2 aliphatic rings. The van der Waals surface area contributed by atoms with Gasteiger partial charge in [0.05, 0.1) is 38.6 Å². The van der Waals surface area contributed by atoms with E-state index in [4.69, 9.17) is 24.0 Å². The number of rotatable bonds is 5. The Kier molecular flexibility index (Phi) is 5.38. The summed E-state index contributed by atoms with van der Waals surface area (Å²) in [4.78, 5) is 11.9. The van der Waals surface area contributed by atoms with Gasteiger partial charge in [-0.3, -0.25) is 0 Å². The number of hydrogen-bond donors (Lipinski definition) is 0. The van der Waals surface area contributed by atoms with Crippen molar-refractivity contribution in [3.8, 4) is 17.2 Å². The molecular weight excluding hydrogens is 420 g/mol. The first-order chi connectivity index (χ1) is 16.1. The van der Waals surface area contributed by atoms with Crippen molar-refractivity contribution in [2.75, 3.05) is 21.3 Å². The Balaban J connectivity index is 1.58. The molecule has 0 aromatic heterocycles. The number of methoxy groups -OCH3 is 3. The number of benzene rings is 3. The molecule has 3 aromatic carbocycles. The first kappa shape index (κ1) is 20.9. The minimum atomic E-state index is -0.478. The van der Waals surface area contributed by atoms with Crippen LogP contribution in [0, 0.1) is 0 Å². The number of carbonyl (C=O) groups excluding carboxylic acids is 1. The van der Waals surface area contributed by atoms with Crippen molar-refractivity contribution in [3.63, 3.8) is 0 Å². The quantitative estimate of drug-likeness (QED) is 0.530. The maximum atomic E-state index is 11.9. The van der Waals surface area contributed by atoms with E-state index in [2.05, 4.69) is 6.07 Å². The fourth-order valence-corrected chi connectivity index (χ4v) is 4.34. The van der Waals surface area contributed by atoms with Crippen LogP contribution >= 0.6 is 0 Å². The van der Waals surface area contributed by atoms with Crippen LogP contribution in [0.15, 0.2) is 71.8 Å². The Bertz CT molecular complexity index is 1220. The molecule has 0 saturated carbocycles. The smallest absolute Gasteiger partial charge is 0.337 e. The summed E-state index contributed by atoms with van der Waals surface area (Å²) < 4.78 is 22.3. The normalized spacial score (nSPS) is 18.5. The zero-order chi connectivity index (χ0) is 22.9. The summed E-state index contributed by atoms with van der Waals surface area (Å²) in [6, 6.07) is 21.0. The van der Waals surface area contributed by atoms with Crippen LogP contribution in [0.25, 0.3) is 0 Å². The average Bonchev–Trinajstić information content (AvgIpc) is 3.33. The van der Waals surface area contributed by atoms with Crippen LogP contribution in [-0.2, 0) is 4.74 Å². The van der Waals surface area contributed by atoms with Crippen LogP contribution in [0.2, 0.25) is 0 Å². The SMILES string of the molecule is COC(=O)c1ccc([C@@H]2Oc3c(OC)cccc3[C@H]3CC(c4cccc(OC)c4)=NN32)cc1. The molecule has 0 N–H and O–H groups in total. The van der Waals surface area contributed by atoms with Crippen LogP contribution in [0.5, 0.6) is 17.2 Å². The second kappa shape index (κ2) is 8.50. The van der Waals surface area contributed by atoms with Crippen LogP contribution in [0.1, 0.15) is 45.7 Å². The molecule has 168 valence electrons. The predicted octanol–water partition coefficient (Wildman–Crippen LogP) is 4.73. The Hall–Kier alpha value is -4.00. The second-order valence-corrected chi connectivity index (χ2v) is 7.84. The number of hydrazone groups is 1. The van der Waals surface area contributed by atoms with E-state index in [1.165, 1.54) is 7.11 Å². The summed E-state index contributed by atoms with van der Waals surface area (Å²) in [5.41, 5.74) is 4.34. The first-order valence-corrected chi connectivity index (χ1v) is 10.6. The Morgan fingerprint density at radius 1 is 1.00 bits per heavy atom. The number of hydrogen-bond acceptors (Lipinski definition) is 7. The lowest BCUT2D eigenvalue weighted by Crippen LogP contribution is -2.33. The molecule has 7 nitrogen and oxygen atoms in total. The van der Waals surface area contributed by atoms with E-state index in [0.29, 0.717) is 23.5 Å². The maximum absolute atomic E-state index is 11.9. The lowest BCUT2D eigenvalue weighted by Gasteiger charge is -2.38. The van der Waals surface area contributed by atoms with E-state index in [1.54, 1.807) is 26.4 Å². The Morgan fingerprint density at radius 3 is 2.52 bits per heavy atom. The summed E-state index contributed by atoms with van der Waals surface area (Å²) in [6.07, 6.45) is 0.238. The molecule has 0 fully saturated rings. The van der Waals surface area contributed by atoms with Crippen LogP contribution in [0.3, 0.4) is 0 Å². The molecule has 33 heavy (non-hydrogen) atoms. The molecule has 2 heterocycles. The first-order valence-electron chi connectivity index (χ1n) is 10.6. The van der Waals surface area contributed by atoms with Gasteiger partial charge < -0.3 is 18.9 Å². The number of para-hydroxylation sites is 1. The molecule has 0 spiro atoms. The van der Waals surface area contributed by atoms with Crippen molar-refractivity contribution in [1.82, 2.24) is 5.01 Å². The molecule has 0 radical (unpaired) electrons.